The molecule has 0 aromatic heterocycles. The van der Waals surface area contributed by atoms with Gasteiger partial charge in [0.15, 0.2) is 6.29 Å². The molecular formula is C15H17Cl3N2O4. The highest BCUT2D eigenvalue weighted by molar-refractivity contribution is 6.33. The molecule has 0 amide bonds. The van der Waals surface area contributed by atoms with Crippen molar-refractivity contribution in [1.29, 1.82) is 0 Å². The Hall–Kier alpha value is -1.67. The summed E-state index contributed by atoms with van der Waals surface area (Å²) in [6.07, 6.45) is 2.03. The topological polar surface area (TPSA) is 102 Å². The van der Waals surface area contributed by atoms with Crippen LogP contribution in [-0.4, -0.2) is 35.1 Å². The Bertz CT molecular complexity index is 598. The van der Waals surface area contributed by atoms with Crippen molar-refractivity contribution in [3.63, 3.8) is 0 Å². The van der Waals surface area contributed by atoms with E-state index in [0.29, 0.717) is 21.2 Å². The van der Waals surface area contributed by atoms with E-state index in [0.717, 1.165) is 13.4 Å². The minimum Gasteiger partial charge on any atom is -0.411 e. The lowest BCUT2D eigenvalue weighted by atomic mass is 10.2. The van der Waals surface area contributed by atoms with Crippen LogP contribution in [0.25, 0.3) is 0 Å². The first-order valence-electron chi connectivity index (χ1n) is 6.16. The van der Waals surface area contributed by atoms with E-state index in [2.05, 4.69) is 16.9 Å². The minimum atomic E-state index is 0.507. The molecule has 0 fully saturated rings. The van der Waals surface area contributed by atoms with Gasteiger partial charge in [-0.1, -0.05) is 64.8 Å². The molecule has 6 nitrogen and oxygen atoms in total. The number of aliphatic hydroxyl groups excluding tert-OH is 1. The van der Waals surface area contributed by atoms with E-state index in [9.17, 15) is 4.79 Å². The predicted molar refractivity (Wildman–Crippen MR) is 96.6 cm³/mol. The van der Waals surface area contributed by atoms with Gasteiger partial charge in [0.25, 0.3) is 0 Å². The maximum absolute atomic E-state index is 10.1. The number of hydrogen-bond donors (Lipinski definition) is 4. The minimum absolute atomic E-state index is 0.507. The summed E-state index contributed by atoms with van der Waals surface area (Å²) in [6, 6.07) is 14.1. The molecule has 9 heteroatoms. The van der Waals surface area contributed by atoms with Crippen molar-refractivity contribution in [1.82, 2.24) is 5.00 Å². The largest absolute Gasteiger partial charge is 0.411 e. The number of carbonyl (C=O) groups is 1. The van der Waals surface area contributed by atoms with E-state index in [1.807, 2.05) is 12.1 Å². The number of hydrogen-bond acceptors (Lipinski definition) is 6. The molecule has 0 saturated heterocycles. The Morgan fingerprint density at radius 2 is 1.33 bits per heavy atom. The summed E-state index contributed by atoms with van der Waals surface area (Å²) in [5.74, 6) is 0. The molecule has 0 saturated carbocycles. The molecule has 0 aliphatic carbocycles. The first kappa shape index (κ1) is 24.6. The zero-order chi connectivity index (χ0) is 18.8. The van der Waals surface area contributed by atoms with E-state index >= 15 is 0 Å². The zero-order valence-electron chi connectivity index (χ0n) is 12.6. The van der Waals surface area contributed by atoms with Crippen LogP contribution in [-0.2, 0) is 0 Å². The number of aliphatic hydroxyl groups is 1. The van der Waals surface area contributed by atoms with E-state index in [1.54, 1.807) is 36.4 Å². The molecule has 24 heavy (non-hydrogen) atoms. The summed E-state index contributed by atoms with van der Waals surface area (Å²) in [4.78, 5) is 11.4. The van der Waals surface area contributed by atoms with Crippen molar-refractivity contribution >= 4 is 47.5 Å². The Morgan fingerprint density at radius 3 is 1.62 bits per heavy atom. The molecule has 0 unspecified atom stereocenters. The zero-order valence-corrected chi connectivity index (χ0v) is 14.9. The Labute approximate surface area is 155 Å². The third kappa shape index (κ3) is 11.8. The second kappa shape index (κ2) is 17.7. The van der Waals surface area contributed by atoms with Crippen LogP contribution in [0.1, 0.15) is 15.9 Å². The first-order chi connectivity index (χ1) is 11.6. The lowest BCUT2D eigenvalue weighted by Crippen LogP contribution is -1.80. The van der Waals surface area contributed by atoms with Gasteiger partial charge in [0.1, 0.15) is 0 Å². The third-order valence-corrected chi connectivity index (χ3v) is 2.82. The molecule has 0 radical (unpaired) electrons. The number of nitrogens with one attached hydrogen (secondary N) is 1. The smallest absolute Gasteiger partial charge is 0.151 e. The first-order valence-corrected chi connectivity index (χ1v) is 7.30. The number of rotatable bonds is 2. The van der Waals surface area contributed by atoms with Crippen molar-refractivity contribution in [3.05, 3.63) is 69.7 Å². The van der Waals surface area contributed by atoms with Gasteiger partial charge in [0.2, 0.25) is 0 Å². The fraction of sp³-hybridized carbons (Fsp3) is 0.0667. The molecule has 0 aliphatic rings. The van der Waals surface area contributed by atoms with Crippen LogP contribution < -0.4 is 5.00 Å². The predicted octanol–water partition coefficient (Wildman–Crippen LogP) is 4.03. The second-order valence-corrected chi connectivity index (χ2v) is 4.47. The average Bonchev–Trinajstić information content (AvgIpc) is 2.61. The SMILES string of the molecule is CO.O/N=C/c1ccccc1Cl.O=Cc1ccccc1Cl.ONCl. The van der Waals surface area contributed by atoms with Crippen molar-refractivity contribution in [3.8, 4) is 0 Å². The van der Waals surface area contributed by atoms with Gasteiger partial charge < -0.3 is 15.5 Å². The van der Waals surface area contributed by atoms with Gasteiger partial charge in [-0.2, -0.15) is 0 Å². The monoisotopic (exact) mass is 394 g/mol. The molecule has 2 aromatic carbocycles. The summed E-state index contributed by atoms with van der Waals surface area (Å²) in [5, 5.41) is 26.2. The van der Waals surface area contributed by atoms with Gasteiger partial charge in [0, 0.05) is 35.0 Å². The molecule has 4 N–H and O–H groups in total. The van der Waals surface area contributed by atoms with Gasteiger partial charge in [-0.15, -0.1) is 5.00 Å². The van der Waals surface area contributed by atoms with E-state index in [-0.39, 0.29) is 0 Å². The summed E-state index contributed by atoms with van der Waals surface area (Å²) >= 11 is 15.6. The molecule has 132 valence electrons. The summed E-state index contributed by atoms with van der Waals surface area (Å²) in [7, 11) is 1.00. The van der Waals surface area contributed by atoms with E-state index in [4.69, 9.17) is 38.7 Å². The molecule has 0 spiro atoms. The van der Waals surface area contributed by atoms with Gasteiger partial charge in [-0.05, 0) is 12.1 Å². The van der Waals surface area contributed by atoms with Crippen LogP contribution in [0.5, 0.6) is 0 Å². The van der Waals surface area contributed by atoms with Crippen LogP contribution >= 0.6 is 35.0 Å². The lowest BCUT2D eigenvalue weighted by molar-refractivity contribution is 0.112. The van der Waals surface area contributed by atoms with Crippen molar-refractivity contribution < 1.29 is 20.3 Å². The fourth-order valence-electron chi connectivity index (χ4n) is 1.21. The molecule has 0 atom stereocenters. The molecule has 0 aliphatic heterocycles. The number of carbonyl (C=O) groups excluding carboxylic acids is 1. The molecule has 2 rings (SSSR count). The molecule has 2 aromatic rings. The highest BCUT2D eigenvalue weighted by Crippen LogP contribution is 2.12. The number of halogens is 3. The molecular weight excluding hydrogens is 379 g/mol. The van der Waals surface area contributed by atoms with Crippen molar-refractivity contribution in [2.24, 2.45) is 5.16 Å². The summed E-state index contributed by atoms with van der Waals surface area (Å²) in [5.41, 5.74) is 1.26. The maximum Gasteiger partial charge on any atom is 0.151 e. The number of oxime groups is 1. The number of nitrogens with zero attached hydrogens (tertiary/aromatic N) is 1. The standard InChI is InChI=1S/C7H6ClNO.C7H5ClO.CH4O.ClH2NO/c8-7-4-2-1-3-6(7)5-9-10;8-7-4-2-1-3-6(7)5-9;1-2;1-2-3/h1-5,10H;1-5H;2H,1H3;2-3H/b9-5+;;;. The van der Waals surface area contributed by atoms with Gasteiger partial charge in [-0.25, -0.2) is 0 Å². The van der Waals surface area contributed by atoms with Crippen LogP contribution in [0, 0.1) is 0 Å². The highest BCUT2D eigenvalue weighted by atomic mass is 35.5. The van der Waals surface area contributed by atoms with Crippen molar-refractivity contribution in [2.75, 3.05) is 7.11 Å². The van der Waals surface area contributed by atoms with Crippen LogP contribution in [0.3, 0.4) is 0 Å². The summed E-state index contributed by atoms with van der Waals surface area (Å²) in [6.45, 7) is 0. The van der Waals surface area contributed by atoms with Gasteiger partial charge >= 0.3 is 0 Å². The van der Waals surface area contributed by atoms with Crippen LogP contribution in [0.2, 0.25) is 10.0 Å². The maximum atomic E-state index is 10.1. The Kier molecular flexibility index (Phi) is 18.1. The van der Waals surface area contributed by atoms with E-state index in [1.165, 1.54) is 11.2 Å². The quantitative estimate of drug-likeness (QED) is 0.202. The molecule has 0 heterocycles. The Balaban J connectivity index is 0. The van der Waals surface area contributed by atoms with Gasteiger partial charge in [-0.3, -0.25) is 4.79 Å². The third-order valence-electron chi connectivity index (χ3n) is 2.13. The average molecular weight is 396 g/mol. The van der Waals surface area contributed by atoms with Crippen LogP contribution in [0.15, 0.2) is 53.7 Å². The second-order valence-electron chi connectivity index (χ2n) is 3.49. The molecule has 0 bridgehead atoms. The van der Waals surface area contributed by atoms with Gasteiger partial charge in [0.05, 0.1) is 11.2 Å². The highest BCUT2D eigenvalue weighted by Gasteiger charge is 1.93. The lowest BCUT2D eigenvalue weighted by Gasteiger charge is -1.92. The Morgan fingerprint density at radius 1 is 0.958 bits per heavy atom. The number of benzene rings is 2. The number of aldehydes is 1. The van der Waals surface area contributed by atoms with Crippen LogP contribution in [0.4, 0.5) is 0 Å². The van der Waals surface area contributed by atoms with E-state index < -0.39 is 0 Å². The normalized spacial score (nSPS) is 8.75. The van der Waals surface area contributed by atoms with Crippen molar-refractivity contribution in [2.45, 2.75) is 0 Å². The summed E-state index contributed by atoms with van der Waals surface area (Å²) < 4.78 is 0. The fourth-order valence-corrected chi connectivity index (χ4v) is 1.58.